The minimum absolute atomic E-state index is 0.166. The minimum atomic E-state index is -1.24. The summed E-state index contributed by atoms with van der Waals surface area (Å²) in [4.78, 5) is 39.9. The normalized spacial score (nSPS) is 30.6. The van der Waals surface area contributed by atoms with Crippen molar-refractivity contribution in [3.05, 3.63) is 11.6 Å². The van der Waals surface area contributed by atoms with E-state index in [2.05, 4.69) is 11.8 Å². The number of amides is 1. The van der Waals surface area contributed by atoms with Gasteiger partial charge in [-0.15, -0.1) is 5.92 Å². The molecule has 3 aliphatic heterocycles. The van der Waals surface area contributed by atoms with Gasteiger partial charge >= 0.3 is 18.2 Å². The highest BCUT2D eigenvalue weighted by Gasteiger charge is 2.73. The maximum atomic E-state index is 13.2. The fourth-order valence-corrected chi connectivity index (χ4v) is 4.44. The summed E-state index contributed by atoms with van der Waals surface area (Å²) in [5, 5.41) is 0. The molecule has 3 unspecified atom stereocenters. The molecule has 0 spiro atoms. The number of carbonyl (C=O) groups excluding carboxylic acids is 3. The molecular formula is C23H31NO8. The summed E-state index contributed by atoms with van der Waals surface area (Å²) in [7, 11) is 1.25. The first-order valence-electron chi connectivity index (χ1n) is 10.5. The molecule has 2 fully saturated rings. The first-order valence-corrected chi connectivity index (χ1v) is 10.5. The number of esters is 1. The zero-order valence-corrected chi connectivity index (χ0v) is 19.8. The Morgan fingerprint density at radius 1 is 1.12 bits per heavy atom. The molecule has 5 atom stereocenters. The first kappa shape index (κ1) is 23.9. The molecule has 0 radical (unpaired) electrons. The van der Waals surface area contributed by atoms with Crippen molar-refractivity contribution >= 4 is 18.2 Å². The average molecular weight is 450 g/mol. The number of hydrogen-bond acceptors (Lipinski definition) is 8. The molecule has 9 heteroatoms. The summed E-state index contributed by atoms with van der Waals surface area (Å²) in [6, 6.07) is -0.531. The second-order valence-electron chi connectivity index (χ2n) is 10.0. The molecular weight excluding hydrogens is 418 g/mol. The Labute approximate surface area is 188 Å². The SMILES string of the molecule is CC#C[C@@]12C(OC(=O)OC(C)(C)C)C3OCC1[C@H](C=C3C(=O)OC)N2C(=O)OC(C)(C)C. The van der Waals surface area contributed by atoms with Crippen LogP contribution in [0.5, 0.6) is 0 Å². The number of fused-ring (bicyclic) bond motifs is 1. The summed E-state index contributed by atoms with van der Waals surface area (Å²) >= 11 is 0. The monoisotopic (exact) mass is 449 g/mol. The van der Waals surface area contributed by atoms with Crippen LogP contribution in [-0.2, 0) is 28.5 Å². The van der Waals surface area contributed by atoms with Crippen molar-refractivity contribution in [3.63, 3.8) is 0 Å². The summed E-state index contributed by atoms with van der Waals surface area (Å²) in [6.07, 6.45) is -2.05. The Morgan fingerprint density at radius 2 is 1.75 bits per heavy atom. The van der Waals surface area contributed by atoms with Crippen molar-refractivity contribution < 1.29 is 38.1 Å². The average Bonchev–Trinajstić information content (AvgIpc) is 2.89. The van der Waals surface area contributed by atoms with E-state index < -0.39 is 53.2 Å². The Morgan fingerprint density at radius 3 is 2.28 bits per heavy atom. The summed E-state index contributed by atoms with van der Waals surface area (Å²) in [5.41, 5.74) is -2.64. The van der Waals surface area contributed by atoms with Gasteiger partial charge in [0, 0.05) is 5.92 Å². The van der Waals surface area contributed by atoms with Gasteiger partial charge in [0.15, 0.2) is 11.6 Å². The number of rotatable bonds is 2. The molecule has 0 N–H and O–H groups in total. The molecule has 0 aromatic carbocycles. The largest absolute Gasteiger partial charge is 0.509 e. The van der Waals surface area contributed by atoms with Crippen LogP contribution < -0.4 is 0 Å². The van der Waals surface area contributed by atoms with Gasteiger partial charge in [0.1, 0.15) is 17.3 Å². The third-order valence-electron chi connectivity index (χ3n) is 5.44. The van der Waals surface area contributed by atoms with Crippen LogP contribution in [0.2, 0.25) is 0 Å². The number of hydrogen-bond donors (Lipinski definition) is 0. The molecule has 1 amide bonds. The maximum Gasteiger partial charge on any atom is 0.509 e. The van der Waals surface area contributed by atoms with E-state index >= 15 is 0 Å². The molecule has 1 aliphatic carbocycles. The predicted molar refractivity (Wildman–Crippen MR) is 112 cm³/mol. The van der Waals surface area contributed by atoms with Crippen LogP contribution in [0.4, 0.5) is 9.59 Å². The Bertz CT molecular complexity index is 900. The summed E-state index contributed by atoms with van der Waals surface area (Å²) in [5.74, 6) is 4.97. The number of methoxy groups -OCH3 is 1. The van der Waals surface area contributed by atoms with E-state index in [9.17, 15) is 14.4 Å². The van der Waals surface area contributed by atoms with Gasteiger partial charge in [-0.05, 0) is 54.5 Å². The van der Waals surface area contributed by atoms with E-state index in [1.807, 2.05) is 0 Å². The van der Waals surface area contributed by atoms with Gasteiger partial charge in [0.05, 0.1) is 25.3 Å². The first-order chi connectivity index (χ1) is 14.7. The lowest BCUT2D eigenvalue weighted by Crippen LogP contribution is -2.82. The van der Waals surface area contributed by atoms with Gasteiger partial charge < -0.3 is 23.7 Å². The van der Waals surface area contributed by atoms with Gasteiger partial charge in [-0.3, -0.25) is 4.90 Å². The summed E-state index contributed by atoms with van der Waals surface area (Å²) in [6.45, 7) is 12.2. The highest BCUT2D eigenvalue weighted by molar-refractivity contribution is 5.91. The third kappa shape index (κ3) is 4.04. The maximum absolute atomic E-state index is 13.2. The molecule has 3 heterocycles. The number of nitrogens with zero attached hydrogens (tertiary/aromatic N) is 1. The van der Waals surface area contributed by atoms with E-state index in [1.165, 1.54) is 12.0 Å². The fourth-order valence-electron chi connectivity index (χ4n) is 4.44. The molecule has 32 heavy (non-hydrogen) atoms. The van der Waals surface area contributed by atoms with E-state index in [1.54, 1.807) is 54.5 Å². The lowest BCUT2D eigenvalue weighted by atomic mass is 9.64. The highest BCUT2D eigenvalue weighted by atomic mass is 16.7. The second kappa shape index (κ2) is 8.00. The Hall–Kier alpha value is -2.73. The lowest BCUT2D eigenvalue weighted by Gasteiger charge is -2.63. The molecule has 176 valence electrons. The second-order valence-corrected chi connectivity index (χ2v) is 10.0. The zero-order valence-electron chi connectivity index (χ0n) is 19.8. The molecule has 4 rings (SSSR count). The van der Waals surface area contributed by atoms with Crippen LogP contribution in [-0.4, -0.2) is 71.8 Å². The molecule has 9 nitrogen and oxygen atoms in total. The standard InChI is InChI=1S/C23H31NO8/c1-9-10-23-14-12-29-16(17(23)30-20(27)32-22(5,6)7)13(18(25)28-8)11-15(14)24(23)19(26)31-21(2,3)4/h11,14-17H,12H2,1-8H3/t14?,15-,16?,17?,23-/m0/s1. The van der Waals surface area contributed by atoms with Gasteiger partial charge in [0.2, 0.25) is 0 Å². The van der Waals surface area contributed by atoms with Crippen molar-refractivity contribution in [2.24, 2.45) is 5.92 Å². The number of likely N-dealkylation sites (tertiary alicyclic amines) is 1. The minimum Gasteiger partial charge on any atom is -0.466 e. The Balaban J connectivity index is 2.11. The van der Waals surface area contributed by atoms with Crippen LogP contribution in [0.15, 0.2) is 11.6 Å². The van der Waals surface area contributed by atoms with E-state index in [0.29, 0.717) is 0 Å². The molecule has 2 saturated heterocycles. The van der Waals surface area contributed by atoms with Crippen LogP contribution in [0.1, 0.15) is 48.5 Å². The van der Waals surface area contributed by atoms with Gasteiger partial charge in [-0.25, -0.2) is 14.4 Å². The van der Waals surface area contributed by atoms with Crippen molar-refractivity contribution in [3.8, 4) is 11.8 Å². The van der Waals surface area contributed by atoms with Crippen LogP contribution in [0.3, 0.4) is 0 Å². The van der Waals surface area contributed by atoms with Crippen molar-refractivity contribution in [1.82, 2.24) is 4.90 Å². The van der Waals surface area contributed by atoms with E-state index in [0.717, 1.165) is 0 Å². The van der Waals surface area contributed by atoms with Crippen LogP contribution in [0, 0.1) is 17.8 Å². The third-order valence-corrected chi connectivity index (χ3v) is 5.44. The van der Waals surface area contributed by atoms with Crippen LogP contribution in [0.25, 0.3) is 0 Å². The zero-order chi connectivity index (χ0) is 24.1. The van der Waals surface area contributed by atoms with E-state index in [-0.39, 0.29) is 18.1 Å². The molecule has 4 aliphatic rings. The van der Waals surface area contributed by atoms with Crippen molar-refractivity contribution in [2.45, 2.75) is 83.5 Å². The lowest BCUT2D eigenvalue weighted by molar-refractivity contribution is -0.222. The number of ether oxygens (including phenoxy) is 5. The van der Waals surface area contributed by atoms with E-state index in [4.69, 9.17) is 23.7 Å². The van der Waals surface area contributed by atoms with Crippen molar-refractivity contribution in [2.75, 3.05) is 13.7 Å². The molecule has 0 aromatic heterocycles. The summed E-state index contributed by atoms with van der Waals surface area (Å²) < 4.78 is 27.6. The topological polar surface area (TPSA) is 101 Å². The highest BCUT2D eigenvalue weighted by Crippen LogP contribution is 2.55. The smallest absolute Gasteiger partial charge is 0.466 e. The van der Waals surface area contributed by atoms with Crippen molar-refractivity contribution in [1.29, 1.82) is 0 Å². The molecule has 4 bridgehead atoms. The van der Waals surface area contributed by atoms with Gasteiger partial charge in [0.25, 0.3) is 0 Å². The molecule has 0 aromatic rings. The quantitative estimate of drug-likeness (QED) is 0.360. The fraction of sp³-hybridized carbons (Fsp3) is 0.696. The van der Waals surface area contributed by atoms with Crippen LogP contribution >= 0.6 is 0 Å². The molecule has 0 saturated carbocycles. The Kier molecular flexibility index (Phi) is 5.98. The number of carbonyl (C=O) groups is 3. The van der Waals surface area contributed by atoms with Gasteiger partial charge in [-0.2, -0.15) is 0 Å². The van der Waals surface area contributed by atoms with Gasteiger partial charge in [-0.1, -0.05) is 5.92 Å². The predicted octanol–water partition coefficient (Wildman–Crippen LogP) is 2.82.